The van der Waals surface area contributed by atoms with E-state index in [0.29, 0.717) is 24.4 Å². The van der Waals surface area contributed by atoms with Crippen molar-refractivity contribution in [1.82, 2.24) is 10.2 Å². The molecule has 2 aliphatic rings. The molecule has 1 unspecified atom stereocenters. The van der Waals surface area contributed by atoms with Gasteiger partial charge in [-0.15, -0.1) is 0 Å². The third kappa shape index (κ3) is 5.87. The normalized spacial score (nSPS) is 19.0. The number of anilines is 2. The van der Waals surface area contributed by atoms with Crippen LogP contribution in [0.15, 0.2) is 48.5 Å². The molecule has 32 heavy (non-hydrogen) atoms. The topological polar surface area (TPSA) is 73.9 Å². The van der Waals surface area contributed by atoms with Crippen LogP contribution in [0.5, 0.6) is 0 Å². The first kappa shape index (κ1) is 22.3. The van der Waals surface area contributed by atoms with Crippen molar-refractivity contribution in [1.29, 1.82) is 0 Å². The van der Waals surface area contributed by atoms with E-state index < -0.39 is 0 Å². The number of hydrogen-bond acceptors (Lipinski definition) is 5. The minimum Gasteiger partial charge on any atom is -0.369 e. The number of hydrogen-bond donors (Lipinski definition) is 2. The molecule has 170 valence electrons. The van der Waals surface area contributed by atoms with Crippen molar-refractivity contribution in [3.8, 4) is 0 Å². The van der Waals surface area contributed by atoms with Crippen molar-refractivity contribution in [2.75, 3.05) is 56.1 Å². The summed E-state index contributed by atoms with van der Waals surface area (Å²) < 4.78 is 5.41. The highest BCUT2D eigenvalue weighted by molar-refractivity contribution is 5.98. The number of amides is 2. The largest absolute Gasteiger partial charge is 0.369 e. The fourth-order valence-electron chi connectivity index (χ4n) is 4.23. The van der Waals surface area contributed by atoms with Gasteiger partial charge in [-0.05, 0) is 55.7 Å². The minimum atomic E-state index is -0.390. The standard InChI is InChI=1S/C25H32N4O3/c1-19-5-2-8-22(17-19)29-14-12-28(13-15-29)11-10-26-24(30)20-6-3-7-21(18-20)27-25(31)23-9-4-16-32-23/h2-3,5-8,17-18,23H,4,9-16H2,1H3,(H,26,30)(H,27,31). The number of nitrogens with zero attached hydrogens (tertiary/aromatic N) is 2. The highest BCUT2D eigenvalue weighted by Crippen LogP contribution is 2.18. The van der Waals surface area contributed by atoms with Crippen molar-refractivity contribution < 1.29 is 14.3 Å². The van der Waals surface area contributed by atoms with Crippen molar-refractivity contribution in [2.24, 2.45) is 0 Å². The maximum Gasteiger partial charge on any atom is 0.253 e. The lowest BCUT2D eigenvalue weighted by molar-refractivity contribution is -0.124. The number of carbonyl (C=O) groups excluding carboxylic acids is 2. The Morgan fingerprint density at radius 1 is 1.06 bits per heavy atom. The summed E-state index contributed by atoms with van der Waals surface area (Å²) in [6.45, 7) is 8.10. The van der Waals surface area contributed by atoms with Crippen LogP contribution in [0.1, 0.15) is 28.8 Å². The van der Waals surface area contributed by atoms with Crippen LogP contribution in [0.25, 0.3) is 0 Å². The molecule has 2 aromatic carbocycles. The summed E-state index contributed by atoms with van der Waals surface area (Å²) in [4.78, 5) is 29.6. The van der Waals surface area contributed by atoms with E-state index in [1.54, 1.807) is 24.3 Å². The van der Waals surface area contributed by atoms with Gasteiger partial charge in [-0.3, -0.25) is 14.5 Å². The average molecular weight is 437 g/mol. The van der Waals surface area contributed by atoms with Crippen LogP contribution in [-0.4, -0.2) is 68.7 Å². The van der Waals surface area contributed by atoms with Gasteiger partial charge in [0.1, 0.15) is 6.10 Å². The Morgan fingerprint density at radius 2 is 1.88 bits per heavy atom. The monoisotopic (exact) mass is 436 g/mol. The number of nitrogens with one attached hydrogen (secondary N) is 2. The Morgan fingerprint density at radius 3 is 2.62 bits per heavy atom. The fraction of sp³-hybridized carbons (Fsp3) is 0.440. The molecular weight excluding hydrogens is 404 g/mol. The second kappa shape index (κ2) is 10.6. The SMILES string of the molecule is Cc1cccc(N2CCN(CCNC(=O)c3cccc(NC(=O)C4CCCO4)c3)CC2)c1. The molecule has 4 rings (SSSR count). The van der Waals surface area contributed by atoms with Crippen molar-refractivity contribution in [3.05, 3.63) is 59.7 Å². The van der Waals surface area contributed by atoms with Gasteiger partial charge in [-0.1, -0.05) is 18.2 Å². The number of rotatable bonds is 7. The van der Waals surface area contributed by atoms with Crippen molar-refractivity contribution in [3.63, 3.8) is 0 Å². The Bertz CT molecular complexity index is 934. The van der Waals surface area contributed by atoms with E-state index in [-0.39, 0.29) is 17.9 Å². The summed E-state index contributed by atoms with van der Waals surface area (Å²) in [5, 5.41) is 5.85. The maximum absolute atomic E-state index is 12.6. The lowest BCUT2D eigenvalue weighted by Crippen LogP contribution is -2.48. The van der Waals surface area contributed by atoms with Gasteiger partial charge in [0.2, 0.25) is 0 Å². The second-order valence-electron chi connectivity index (χ2n) is 8.50. The van der Waals surface area contributed by atoms with Crippen molar-refractivity contribution >= 4 is 23.2 Å². The first-order valence-corrected chi connectivity index (χ1v) is 11.4. The zero-order chi connectivity index (χ0) is 22.3. The summed E-state index contributed by atoms with van der Waals surface area (Å²) in [6.07, 6.45) is 1.26. The van der Waals surface area contributed by atoms with Gasteiger partial charge < -0.3 is 20.3 Å². The predicted octanol–water partition coefficient (Wildman–Crippen LogP) is 2.66. The molecule has 7 heteroatoms. The first-order chi connectivity index (χ1) is 15.6. The van der Waals surface area contributed by atoms with E-state index in [1.807, 2.05) is 0 Å². The molecule has 2 heterocycles. The molecule has 2 N–H and O–H groups in total. The predicted molar refractivity (Wildman–Crippen MR) is 126 cm³/mol. The minimum absolute atomic E-state index is 0.128. The van der Waals surface area contributed by atoms with E-state index in [4.69, 9.17) is 4.74 Å². The Balaban J connectivity index is 1.20. The molecule has 0 radical (unpaired) electrons. The molecule has 2 fully saturated rings. The van der Waals surface area contributed by atoms with E-state index in [1.165, 1.54) is 11.3 Å². The van der Waals surface area contributed by atoms with Gasteiger partial charge in [-0.25, -0.2) is 0 Å². The third-order valence-corrected chi connectivity index (χ3v) is 6.07. The van der Waals surface area contributed by atoms with Crippen LogP contribution in [-0.2, 0) is 9.53 Å². The van der Waals surface area contributed by atoms with Gasteiger partial charge in [-0.2, -0.15) is 0 Å². The fourth-order valence-corrected chi connectivity index (χ4v) is 4.23. The van der Waals surface area contributed by atoms with Crippen LogP contribution in [0.2, 0.25) is 0 Å². The van der Waals surface area contributed by atoms with Crippen LogP contribution in [0, 0.1) is 6.92 Å². The zero-order valence-corrected chi connectivity index (χ0v) is 18.7. The molecule has 0 aliphatic carbocycles. The molecule has 2 aromatic rings. The molecule has 2 saturated heterocycles. The van der Waals surface area contributed by atoms with Gasteiger partial charge >= 0.3 is 0 Å². The first-order valence-electron chi connectivity index (χ1n) is 11.4. The third-order valence-electron chi connectivity index (χ3n) is 6.07. The highest BCUT2D eigenvalue weighted by atomic mass is 16.5. The summed E-state index contributed by atoms with van der Waals surface area (Å²) in [7, 11) is 0. The van der Waals surface area contributed by atoms with E-state index in [9.17, 15) is 9.59 Å². The summed E-state index contributed by atoms with van der Waals surface area (Å²) in [5.41, 5.74) is 3.72. The van der Waals surface area contributed by atoms with Gasteiger partial charge in [0.15, 0.2) is 0 Å². The zero-order valence-electron chi connectivity index (χ0n) is 18.7. The number of aryl methyl sites for hydroxylation is 1. The quantitative estimate of drug-likeness (QED) is 0.698. The van der Waals surface area contributed by atoms with E-state index in [2.05, 4.69) is 51.6 Å². The van der Waals surface area contributed by atoms with Gasteiger partial charge in [0.05, 0.1) is 0 Å². The lowest BCUT2D eigenvalue weighted by Gasteiger charge is -2.36. The number of ether oxygens (including phenoxy) is 1. The lowest BCUT2D eigenvalue weighted by atomic mass is 10.1. The highest BCUT2D eigenvalue weighted by Gasteiger charge is 2.23. The molecule has 7 nitrogen and oxygen atoms in total. The summed E-state index contributed by atoms with van der Waals surface area (Å²) in [6, 6.07) is 15.7. The van der Waals surface area contributed by atoms with E-state index in [0.717, 1.165) is 45.6 Å². The summed E-state index contributed by atoms with van der Waals surface area (Å²) >= 11 is 0. The second-order valence-corrected chi connectivity index (χ2v) is 8.50. The Hall–Kier alpha value is -2.90. The molecule has 2 aliphatic heterocycles. The number of benzene rings is 2. The number of piperazine rings is 1. The van der Waals surface area contributed by atoms with Crippen LogP contribution < -0.4 is 15.5 Å². The smallest absolute Gasteiger partial charge is 0.253 e. The average Bonchev–Trinajstić information content (AvgIpc) is 3.35. The van der Waals surface area contributed by atoms with Crippen LogP contribution in [0.3, 0.4) is 0 Å². The van der Waals surface area contributed by atoms with Crippen LogP contribution >= 0.6 is 0 Å². The van der Waals surface area contributed by atoms with Crippen molar-refractivity contribution in [2.45, 2.75) is 25.9 Å². The molecule has 2 amide bonds. The van der Waals surface area contributed by atoms with Crippen LogP contribution in [0.4, 0.5) is 11.4 Å². The molecule has 0 spiro atoms. The molecule has 1 atom stereocenters. The molecule has 0 saturated carbocycles. The Kier molecular flexibility index (Phi) is 7.39. The van der Waals surface area contributed by atoms with Gasteiger partial charge in [0.25, 0.3) is 11.8 Å². The summed E-state index contributed by atoms with van der Waals surface area (Å²) in [5.74, 6) is -0.276. The maximum atomic E-state index is 12.6. The number of carbonyl (C=O) groups is 2. The molecule has 0 aromatic heterocycles. The molecular formula is C25H32N4O3. The Labute approximate surface area is 189 Å². The van der Waals surface area contributed by atoms with E-state index >= 15 is 0 Å². The molecule has 0 bridgehead atoms. The van der Waals surface area contributed by atoms with Gasteiger partial charge in [0, 0.05) is 62.8 Å².